The number of amides is 1. The van der Waals surface area contributed by atoms with Crippen molar-refractivity contribution in [1.29, 1.82) is 0 Å². The van der Waals surface area contributed by atoms with Gasteiger partial charge in [-0.25, -0.2) is 8.42 Å². The molecule has 1 heterocycles. The Morgan fingerprint density at radius 3 is 2.68 bits per heavy atom. The molecule has 22 heavy (non-hydrogen) atoms. The number of carbonyl (C=O) groups is 1. The summed E-state index contributed by atoms with van der Waals surface area (Å²) in [7, 11) is -2.99. The summed E-state index contributed by atoms with van der Waals surface area (Å²) >= 11 is 2.24. The highest BCUT2D eigenvalue weighted by atomic mass is 127. The van der Waals surface area contributed by atoms with Crippen LogP contribution in [0.2, 0.25) is 0 Å². The van der Waals surface area contributed by atoms with Gasteiger partial charge in [0.15, 0.2) is 9.84 Å². The van der Waals surface area contributed by atoms with Crippen LogP contribution in [0.5, 0.6) is 0 Å². The Morgan fingerprint density at radius 1 is 1.41 bits per heavy atom. The van der Waals surface area contributed by atoms with E-state index in [9.17, 15) is 13.2 Å². The van der Waals surface area contributed by atoms with E-state index in [0.717, 1.165) is 22.0 Å². The predicted octanol–water partition coefficient (Wildman–Crippen LogP) is 3.03. The van der Waals surface area contributed by atoms with Gasteiger partial charge in [-0.1, -0.05) is 13.3 Å². The number of aryl methyl sites for hydroxylation is 1. The van der Waals surface area contributed by atoms with Crippen molar-refractivity contribution in [3.05, 3.63) is 32.9 Å². The van der Waals surface area contributed by atoms with Crippen LogP contribution >= 0.6 is 22.6 Å². The molecule has 0 bridgehead atoms. The number of carbonyl (C=O) groups excluding carboxylic acids is 1. The van der Waals surface area contributed by atoms with Crippen molar-refractivity contribution in [3.8, 4) is 0 Å². The fourth-order valence-corrected chi connectivity index (χ4v) is 4.81. The minimum absolute atomic E-state index is 0.0462. The molecule has 0 N–H and O–H groups in total. The minimum atomic E-state index is -2.99. The topological polar surface area (TPSA) is 54.5 Å². The summed E-state index contributed by atoms with van der Waals surface area (Å²) in [6.07, 6.45) is 2.43. The van der Waals surface area contributed by atoms with Gasteiger partial charge in [-0.15, -0.1) is 0 Å². The van der Waals surface area contributed by atoms with Gasteiger partial charge in [0.25, 0.3) is 5.91 Å². The van der Waals surface area contributed by atoms with E-state index in [1.807, 2.05) is 25.1 Å². The van der Waals surface area contributed by atoms with E-state index in [4.69, 9.17) is 0 Å². The molecule has 1 saturated heterocycles. The Labute approximate surface area is 146 Å². The monoisotopic (exact) mass is 435 g/mol. The van der Waals surface area contributed by atoms with Gasteiger partial charge in [0.2, 0.25) is 0 Å². The number of hydrogen-bond donors (Lipinski definition) is 0. The molecule has 0 aliphatic carbocycles. The molecule has 0 aromatic heterocycles. The molecule has 1 atom stereocenters. The van der Waals surface area contributed by atoms with Crippen LogP contribution in [0.3, 0.4) is 0 Å². The number of hydrogen-bond acceptors (Lipinski definition) is 3. The molecule has 0 saturated carbocycles. The molecule has 1 unspecified atom stereocenters. The molecule has 1 aromatic carbocycles. The highest BCUT2D eigenvalue weighted by molar-refractivity contribution is 14.1. The average molecular weight is 435 g/mol. The van der Waals surface area contributed by atoms with Crippen molar-refractivity contribution in [2.75, 3.05) is 18.1 Å². The Bertz CT molecular complexity index is 657. The number of rotatable bonds is 5. The van der Waals surface area contributed by atoms with Crippen LogP contribution in [-0.4, -0.2) is 43.3 Å². The van der Waals surface area contributed by atoms with Crippen LogP contribution in [0, 0.1) is 10.5 Å². The third-order valence-corrected chi connectivity index (χ3v) is 7.03. The van der Waals surface area contributed by atoms with E-state index < -0.39 is 9.84 Å². The average Bonchev–Trinajstić information content (AvgIpc) is 2.82. The first-order valence-corrected chi connectivity index (χ1v) is 10.5. The molecule has 4 nitrogen and oxygen atoms in total. The predicted molar refractivity (Wildman–Crippen MR) is 96.9 cm³/mol. The summed E-state index contributed by atoms with van der Waals surface area (Å²) in [5.41, 5.74) is 1.72. The normalized spacial score (nSPS) is 20.0. The fourth-order valence-electron chi connectivity index (χ4n) is 2.74. The second kappa shape index (κ2) is 7.29. The number of unbranched alkanes of at least 4 members (excludes halogenated alkanes) is 1. The van der Waals surface area contributed by atoms with Gasteiger partial charge >= 0.3 is 0 Å². The van der Waals surface area contributed by atoms with Gasteiger partial charge in [-0.05, 0) is 66.1 Å². The number of sulfone groups is 1. The molecule has 1 aliphatic heterocycles. The third kappa shape index (κ3) is 4.22. The third-order valence-electron chi connectivity index (χ3n) is 4.07. The van der Waals surface area contributed by atoms with Gasteiger partial charge in [0.05, 0.1) is 11.5 Å². The first-order chi connectivity index (χ1) is 10.3. The first kappa shape index (κ1) is 17.7. The van der Waals surface area contributed by atoms with Gasteiger partial charge in [-0.2, -0.15) is 0 Å². The minimum Gasteiger partial charge on any atom is -0.335 e. The standard InChI is InChI=1S/C16H22INO3S/c1-3-4-8-18(14-7-9-22(20,21)11-14)16(19)13-5-6-15(17)12(2)10-13/h5-6,10,14H,3-4,7-9,11H2,1-2H3. The Morgan fingerprint density at radius 2 is 2.14 bits per heavy atom. The number of halogens is 1. The van der Waals surface area contributed by atoms with Crippen LogP contribution in [0.4, 0.5) is 0 Å². The Balaban J connectivity index is 2.24. The maximum Gasteiger partial charge on any atom is 0.254 e. The molecule has 1 aromatic rings. The highest BCUT2D eigenvalue weighted by Crippen LogP contribution is 2.22. The van der Waals surface area contributed by atoms with E-state index >= 15 is 0 Å². The highest BCUT2D eigenvalue weighted by Gasteiger charge is 2.34. The van der Waals surface area contributed by atoms with Crippen molar-refractivity contribution in [1.82, 2.24) is 4.90 Å². The van der Waals surface area contributed by atoms with Crippen LogP contribution in [-0.2, 0) is 9.84 Å². The maximum atomic E-state index is 12.8. The molecule has 0 radical (unpaired) electrons. The molecule has 1 amide bonds. The van der Waals surface area contributed by atoms with Gasteiger partial charge in [0, 0.05) is 21.7 Å². The lowest BCUT2D eigenvalue weighted by molar-refractivity contribution is 0.0694. The van der Waals surface area contributed by atoms with Crippen molar-refractivity contribution in [2.24, 2.45) is 0 Å². The van der Waals surface area contributed by atoms with Crippen LogP contribution in [0.15, 0.2) is 18.2 Å². The molecular weight excluding hydrogens is 413 g/mol. The quantitative estimate of drug-likeness (QED) is 0.669. The van der Waals surface area contributed by atoms with Crippen LogP contribution < -0.4 is 0 Å². The van der Waals surface area contributed by atoms with E-state index in [1.165, 1.54) is 0 Å². The zero-order valence-corrected chi connectivity index (χ0v) is 16.0. The summed E-state index contributed by atoms with van der Waals surface area (Å²) in [6, 6.07) is 5.49. The summed E-state index contributed by atoms with van der Waals surface area (Å²) in [5.74, 6) is 0.250. The number of benzene rings is 1. The van der Waals surface area contributed by atoms with Gasteiger partial charge < -0.3 is 4.90 Å². The molecule has 0 spiro atoms. The summed E-state index contributed by atoms with van der Waals surface area (Å²) < 4.78 is 24.6. The van der Waals surface area contributed by atoms with Crippen molar-refractivity contribution < 1.29 is 13.2 Å². The maximum absolute atomic E-state index is 12.8. The summed E-state index contributed by atoms with van der Waals surface area (Å²) in [6.45, 7) is 4.68. The largest absolute Gasteiger partial charge is 0.335 e. The van der Waals surface area contributed by atoms with E-state index in [2.05, 4.69) is 29.5 Å². The lowest BCUT2D eigenvalue weighted by Gasteiger charge is -2.28. The Kier molecular flexibility index (Phi) is 5.87. The SMILES string of the molecule is CCCCN(C(=O)c1ccc(I)c(C)c1)C1CCS(=O)(=O)C1. The summed E-state index contributed by atoms with van der Waals surface area (Å²) in [4.78, 5) is 14.6. The van der Waals surface area contributed by atoms with Crippen molar-refractivity contribution in [3.63, 3.8) is 0 Å². The molecule has 6 heteroatoms. The molecular formula is C16H22INO3S. The van der Waals surface area contributed by atoms with Crippen molar-refractivity contribution in [2.45, 2.75) is 39.2 Å². The molecule has 1 fully saturated rings. The van der Waals surface area contributed by atoms with Crippen molar-refractivity contribution >= 4 is 38.3 Å². The number of nitrogens with zero attached hydrogens (tertiary/aromatic N) is 1. The van der Waals surface area contributed by atoms with Gasteiger partial charge in [0.1, 0.15) is 0 Å². The Hall–Kier alpha value is -0.630. The zero-order valence-electron chi connectivity index (χ0n) is 13.0. The van der Waals surface area contributed by atoms with Crippen LogP contribution in [0.1, 0.15) is 42.1 Å². The smallest absolute Gasteiger partial charge is 0.254 e. The molecule has 1 aliphatic rings. The second-order valence-corrected chi connectivity index (χ2v) is 9.26. The fraction of sp³-hybridized carbons (Fsp3) is 0.562. The lowest BCUT2D eigenvalue weighted by Crippen LogP contribution is -2.41. The molecule has 122 valence electrons. The van der Waals surface area contributed by atoms with E-state index in [-0.39, 0.29) is 23.5 Å². The summed E-state index contributed by atoms with van der Waals surface area (Å²) in [5, 5.41) is 0. The first-order valence-electron chi connectivity index (χ1n) is 7.61. The van der Waals surface area contributed by atoms with Gasteiger partial charge in [-0.3, -0.25) is 4.79 Å². The van der Waals surface area contributed by atoms with Crippen LogP contribution in [0.25, 0.3) is 0 Å². The van der Waals surface area contributed by atoms with E-state index in [0.29, 0.717) is 18.5 Å². The van der Waals surface area contributed by atoms with E-state index in [1.54, 1.807) is 4.90 Å². The lowest BCUT2D eigenvalue weighted by atomic mass is 10.1. The second-order valence-electron chi connectivity index (χ2n) is 5.87. The molecule has 2 rings (SSSR count). The zero-order chi connectivity index (χ0) is 16.3.